The number of rotatable bonds is 6. The zero-order chi connectivity index (χ0) is 20.4. The van der Waals surface area contributed by atoms with E-state index in [-0.39, 0.29) is 23.4 Å². The van der Waals surface area contributed by atoms with Crippen molar-refractivity contribution in [2.24, 2.45) is 11.0 Å². The number of methoxy groups -OCH3 is 1. The van der Waals surface area contributed by atoms with Gasteiger partial charge in [0.2, 0.25) is 5.82 Å². The molecule has 0 bridgehead atoms. The zero-order valence-electron chi connectivity index (χ0n) is 14.4. The van der Waals surface area contributed by atoms with Crippen molar-refractivity contribution in [2.45, 2.75) is 12.8 Å². The minimum atomic E-state index is -2.26. The Morgan fingerprint density at radius 3 is 2.21 bits per heavy atom. The summed E-state index contributed by atoms with van der Waals surface area (Å²) in [6, 6.07) is 4.31. The quantitative estimate of drug-likeness (QED) is 0.151. The first-order valence-corrected chi connectivity index (χ1v) is 8.03. The third kappa shape index (κ3) is 3.90. The lowest BCUT2D eigenvalue weighted by Crippen LogP contribution is -2.10. The fourth-order valence-electron chi connectivity index (χ4n) is 2.23. The highest BCUT2D eigenvalue weighted by atomic mass is 19.2. The van der Waals surface area contributed by atoms with Gasteiger partial charge in [-0.15, -0.1) is 0 Å². The normalized spacial score (nSPS) is 13.6. The average Bonchev–Trinajstić information content (AvgIpc) is 3.53. The van der Waals surface area contributed by atoms with E-state index in [0.29, 0.717) is 5.56 Å². The van der Waals surface area contributed by atoms with E-state index in [1.807, 2.05) is 0 Å². The Balaban J connectivity index is 1.77. The van der Waals surface area contributed by atoms with Crippen molar-refractivity contribution >= 4 is 17.9 Å². The predicted octanol–water partition coefficient (Wildman–Crippen LogP) is 4.15. The van der Waals surface area contributed by atoms with Crippen LogP contribution in [0.1, 0.15) is 18.4 Å². The number of hydrazone groups is 1. The average molecular weight is 400 g/mol. The summed E-state index contributed by atoms with van der Waals surface area (Å²) >= 11 is 0. The molecule has 0 heterocycles. The second-order valence-electron chi connectivity index (χ2n) is 5.92. The number of benzene rings is 2. The van der Waals surface area contributed by atoms with Crippen molar-refractivity contribution < 1.29 is 36.2 Å². The third-order valence-corrected chi connectivity index (χ3v) is 3.91. The van der Waals surface area contributed by atoms with Crippen LogP contribution in [0.15, 0.2) is 23.3 Å². The van der Waals surface area contributed by atoms with Gasteiger partial charge in [0.25, 0.3) is 0 Å². The maximum Gasteiger partial charge on any atom is 0.314 e. The number of nitrogens with one attached hydrogen (secondary N) is 1. The monoisotopic (exact) mass is 400 g/mol. The van der Waals surface area contributed by atoms with Gasteiger partial charge >= 0.3 is 5.97 Å². The molecule has 0 unspecified atom stereocenters. The highest BCUT2D eigenvalue weighted by Gasteiger charge is 2.32. The molecule has 1 aliphatic carbocycles. The summed E-state index contributed by atoms with van der Waals surface area (Å²) in [4.78, 5) is 11.7. The van der Waals surface area contributed by atoms with Gasteiger partial charge in [-0.05, 0) is 36.6 Å². The molecule has 3 rings (SSSR count). The molecule has 1 N–H and O–H groups in total. The number of carbonyl (C=O) groups excluding carboxylic acids is 1. The molecule has 148 valence electrons. The second kappa shape index (κ2) is 7.83. The molecule has 1 fully saturated rings. The molecule has 10 heteroatoms. The maximum atomic E-state index is 13.6. The van der Waals surface area contributed by atoms with E-state index in [2.05, 4.69) is 5.10 Å². The van der Waals surface area contributed by atoms with E-state index in [9.17, 15) is 26.7 Å². The van der Waals surface area contributed by atoms with Gasteiger partial charge in [0, 0.05) is 0 Å². The minimum absolute atomic E-state index is 0.114. The molecule has 0 aliphatic heterocycles. The number of carbonyl (C=O) groups is 1. The maximum absolute atomic E-state index is 13.6. The molecular weight excluding hydrogens is 387 g/mol. The first-order valence-electron chi connectivity index (χ1n) is 8.03. The number of anilines is 1. The molecule has 5 nitrogen and oxygen atoms in total. The Labute approximate surface area is 155 Å². The summed E-state index contributed by atoms with van der Waals surface area (Å²) in [5.74, 6) is -10.6. The molecule has 2 aromatic carbocycles. The number of esters is 1. The smallest absolute Gasteiger partial charge is 0.314 e. The van der Waals surface area contributed by atoms with E-state index in [4.69, 9.17) is 9.47 Å². The van der Waals surface area contributed by atoms with Crippen molar-refractivity contribution in [2.75, 3.05) is 12.5 Å². The van der Waals surface area contributed by atoms with E-state index < -0.39 is 34.8 Å². The molecule has 1 aliphatic rings. The molecular formula is C18H13F5N2O3. The highest BCUT2D eigenvalue weighted by molar-refractivity contribution is 5.83. The van der Waals surface area contributed by atoms with Gasteiger partial charge in [0.15, 0.2) is 34.8 Å². The van der Waals surface area contributed by atoms with Crippen LogP contribution in [0.4, 0.5) is 27.6 Å². The summed E-state index contributed by atoms with van der Waals surface area (Å²) in [5.41, 5.74) is 0.857. The Morgan fingerprint density at radius 2 is 1.64 bits per heavy atom. The standard InChI is InChI=1S/C18H13F5N2O3/c1-27-11-6-8(2-5-10(11)28-18(26)9-3-4-9)7-24-25-17-15(22)13(20)12(19)14(21)16(17)23/h2,5-7,9,25H,3-4H2,1H3/b24-7-. The summed E-state index contributed by atoms with van der Waals surface area (Å²) in [6.07, 6.45) is 2.61. The molecule has 1 saturated carbocycles. The van der Waals surface area contributed by atoms with Crippen LogP contribution >= 0.6 is 0 Å². The van der Waals surface area contributed by atoms with E-state index in [0.717, 1.165) is 19.1 Å². The van der Waals surface area contributed by atoms with Crippen molar-refractivity contribution in [3.05, 3.63) is 52.8 Å². The summed E-state index contributed by atoms with van der Waals surface area (Å²) < 4.78 is 76.8. The van der Waals surface area contributed by atoms with Crippen molar-refractivity contribution in [3.8, 4) is 11.5 Å². The van der Waals surface area contributed by atoms with Crippen LogP contribution in [0.2, 0.25) is 0 Å². The first-order chi connectivity index (χ1) is 13.3. The number of hydrogen-bond donors (Lipinski definition) is 1. The zero-order valence-corrected chi connectivity index (χ0v) is 14.4. The van der Waals surface area contributed by atoms with E-state index >= 15 is 0 Å². The SMILES string of the molecule is COc1cc(/C=N\Nc2c(F)c(F)c(F)c(F)c2F)ccc1OC(=O)C1CC1. The van der Waals surface area contributed by atoms with E-state index in [1.165, 1.54) is 25.3 Å². The van der Waals surface area contributed by atoms with Gasteiger partial charge in [0.1, 0.15) is 5.69 Å². The van der Waals surface area contributed by atoms with Crippen LogP contribution in [0, 0.1) is 35.0 Å². The number of nitrogens with zero attached hydrogens (tertiary/aromatic N) is 1. The predicted molar refractivity (Wildman–Crippen MR) is 88.8 cm³/mol. The molecule has 28 heavy (non-hydrogen) atoms. The summed E-state index contributed by atoms with van der Waals surface area (Å²) in [7, 11) is 1.35. The summed E-state index contributed by atoms with van der Waals surface area (Å²) in [6.45, 7) is 0. The van der Waals surface area contributed by atoms with Crippen molar-refractivity contribution in [3.63, 3.8) is 0 Å². The van der Waals surface area contributed by atoms with Gasteiger partial charge in [-0.25, -0.2) is 22.0 Å². The number of hydrogen-bond acceptors (Lipinski definition) is 5. The lowest BCUT2D eigenvalue weighted by Gasteiger charge is -2.10. The fourth-order valence-corrected chi connectivity index (χ4v) is 2.23. The molecule has 0 spiro atoms. The Kier molecular flexibility index (Phi) is 5.48. The van der Waals surface area contributed by atoms with Crippen LogP contribution in [0.5, 0.6) is 11.5 Å². The lowest BCUT2D eigenvalue weighted by atomic mass is 10.2. The Hall–Kier alpha value is -3.17. The van der Waals surface area contributed by atoms with E-state index in [1.54, 1.807) is 5.43 Å². The Bertz CT molecular complexity index is 932. The fraction of sp³-hybridized carbons (Fsp3) is 0.222. The molecule has 2 aromatic rings. The van der Waals surface area contributed by atoms with Gasteiger partial charge < -0.3 is 9.47 Å². The lowest BCUT2D eigenvalue weighted by molar-refractivity contribution is -0.135. The molecule has 0 saturated heterocycles. The van der Waals surface area contributed by atoms with Gasteiger partial charge in [-0.2, -0.15) is 5.10 Å². The van der Waals surface area contributed by atoms with Crippen LogP contribution < -0.4 is 14.9 Å². The molecule has 0 amide bonds. The topological polar surface area (TPSA) is 59.9 Å². The third-order valence-electron chi connectivity index (χ3n) is 3.91. The minimum Gasteiger partial charge on any atom is -0.493 e. The number of halogens is 5. The van der Waals surface area contributed by atoms with Gasteiger partial charge in [-0.1, -0.05) is 0 Å². The van der Waals surface area contributed by atoms with Crippen LogP contribution in [-0.2, 0) is 4.79 Å². The van der Waals surface area contributed by atoms with Crippen molar-refractivity contribution in [1.82, 2.24) is 0 Å². The van der Waals surface area contributed by atoms with Crippen LogP contribution in [0.3, 0.4) is 0 Å². The molecule has 0 radical (unpaired) electrons. The van der Waals surface area contributed by atoms with Crippen molar-refractivity contribution in [1.29, 1.82) is 0 Å². The van der Waals surface area contributed by atoms with Gasteiger partial charge in [0.05, 0.1) is 19.2 Å². The summed E-state index contributed by atoms with van der Waals surface area (Å²) in [5, 5.41) is 3.48. The highest BCUT2D eigenvalue weighted by Crippen LogP contribution is 2.34. The van der Waals surface area contributed by atoms with Gasteiger partial charge in [-0.3, -0.25) is 10.2 Å². The molecule has 0 atom stereocenters. The second-order valence-corrected chi connectivity index (χ2v) is 5.92. The van der Waals surface area contributed by atoms with Crippen LogP contribution in [-0.4, -0.2) is 19.3 Å². The van der Waals surface area contributed by atoms with Crippen LogP contribution in [0.25, 0.3) is 0 Å². The Morgan fingerprint density at radius 1 is 1.04 bits per heavy atom. The molecule has 0 aromatic heterocycles. The number of ether oxygens (including phenoxy) is 2. The largest absolute Gasteiger partial charge is 0.493 e. The first kappa shape index (κ1) is 19.6.